The fourth-order valence-corrected chi connectivity index (χ4v) is 4.79. The molecule has 0 aliphatic carbocycles. The van der Waals surface area contributed by atoms with E-state index in [4.69, 9.17) is 28.2 Å². The zero-order valence-electron chi connectivity index (χ0n) is 16.3. The molecule has 6 heteroatoms. The van der Waals surface area contributed by atoms with E-state index in [1.54, 1.807) is 32.0 Å². The lowest BCUT2D eigenvalue weighted by molar-refractivity contribution is -0.151. The molecule has 0 fully saturated rings. The van der Waals surface area contributed by atoms with Crippen LogP contribution in [-0.4, -0.2) is 22.8 Å². The van der Waals surface area contributed by atoms with Crippen molar-refractivity contribution in [2.45, 2.75) is 38.6 Å². The standard InChI is InChI=1S/C23H22Cl2N2O2/c1-14-18(13-26)21(17-10-9-16(24)12-19(17)25)23(2,22(28)29)20(27-14)11-8-15-6-4-3-5-7-15/h3-7,9-10,12,18,20-21H,8,11H2,1-2H3,(H,28,29). The van der Waals surface area contributed by atoms with Gasteiger partial charge in [0.1, 0.15) is 0 Å². The third-order valence-electron chi connectivity index (χ3n) is 5.93. The van der Waals surface area contributed by atoms with Gasteiger partial charge < -0.3 is 5.11 Å². The first-order valence-corrected chi connectivity index (χ1v) is 10.2. The highest BCUT2D eigenvalue weighted by atomic mass is 35.5. The molecule has 2 aromatic carbocycles. The number of carbonyl (C=O) groups is 1. The third kappa shape index (κ3) is 4.03. The van der Waals surface area contributed by atoms with E-state index in [1.165, 1.54) is 0 Å². The molecule has 1 N–H and O–H groups in total. The van der Waals surface area contributed by atoms with Gasteiger partial charge in [-0.3, -0.25) is 9.79 Å². The first-order chi connectivity index (χ1) is 13.8. The molecule has 0 aromatic heterocycles. The second-order valence-corrected chi connectivity index (χ2v) is 8.49. The van der Waals surface area contributed by atoms with Gasteiger partial charge in [-0.1, -0.05) is 59.6 Å². The predicted molar refractivity (Wildman–Crippen MR) is 116 cm³/mol. The average Bonchev–Trinajstić information content (AvgIpc) is 2.69. The Kier molecular flexibility index (Phi) is 6.31. The molecule has 1 aliphatic rings. The summed E-state index contributed by atoms with van der Waals surface area (Å²) in [6.07, 6.45) is 1.26. The lowest BCUT2D eigenvalue weighted by Crippen LogP contribution is -2.51. The number of nitrogens with zero attached hydrogens (tertiary/aromatic N) is 2. The highest BCUT2D eigenvalue weighted by Gasteiger charge is 2.55. The van der Waals surface area contributed by atoms with E-state index in [2.05, 4.69) is 6.07 Å². The van der Waals surface area contributed by atoms with Crippen molar-refractivity contribution in [2.75, 3.05) is 0 Å². The normalized spacial score (nSPS) is 26.4. The van der Waals surface area contributed by atoms with Gasteiger partial charge in [0.15, 0.2) is 0 Å². The minimum absolute atomic E-state index is 0.367. The number of rotatable bonds is 5. The monoisotopic (exact) mass is 428 g/mol. The zero-order valence-corrected chi connectivity index (χ0v) is 17.8. The molecule has 0 spiro atoms. The van der Waals surface area contributed by atoms with E-state index < -0.39 is 29.3 Å². The van der Waals surface area contributed by atoms with Crippen molar-refractivity contribution in [3.8, 4) is 6.07 Å². The number of nitriles is 1. The summed E-state index contributed by atoms with van der Waals surface area (Å²) in [7, 11) is 0. The molecule has 1 heterocycles. The van der Waals surface area contributed by atoms with Crippen LogP contribution in [0, 0.1) is 22.7 Å². The average molecular weight is 429 g/mol. The van der Waals surface area contributed by atoms with E-state index in [9.17, 15) is 15.2 Å². The molecule has 0 amide bonds. The molecule has 0 radical (unpaired) electrons. The Labute approximate surface area is 180 Å². The SMILES string of the molecule is CC1=NC(CCc2ccccc2)C(C)(C(=O)O)C(c2ccc(Cl)cc2Cl)C1C#N. The molecule has 2 aromatic rings. The molecule has 150 valence electrons. The van der Waals surface area contributed by atoms with Gasteiger partial charge in [-0.05, 0) is 49.9 Å². The van der Waals surface area contributed by atoms with Crippen LogP contribution in [0.15, 0.2) is 53.5 Å². The molecule has 29 heavy (non-hydrogen) atoms. The van der Waals surface area contributed by atoms with Gasteiger partial charge in [-0.2, -0.15) is 5.26 Å². The number of benzene rings is 2. The van der Waals surface area contributed by atoms with Gasteiger partial charge in [-0.25, -0.2) is 0 Å². The van der Waals surface area contributed by atoms with Gasteiger partial charge >= 0.3 is 5.97 Å². The van der Waals surface area contributed by atoms with E-state index in [1.807, 2.05) is 30.3 Å². The lowest BCUT2D eigenvalue weighted by atomic mass is 9.60. The Morgan fingerprint density at radius 2 is 1.93 bits per heavy atom. The zero-order chi connectivity index (χ0) is 21.2. The van der Waals surface area contributed by atoms with Crippen LogP contribution in [0.4, 0.5) is 0 Å². The highest BCUT2D eigenvalue weighted by Crippen LogP contribution is 2.51. The highest BCUT2D eigenvalue weighted by molar-refractivity contribution is 6.35. The summed E-state index contributed by atoms with van der Waals surface area (Å²) in [6, 6.07) is 16.7. The summed E-state index contributed by atoms with van der Waals surface area (Å²) < 4.78 is 0. The predicted octanol–water partition coefficient (Wildman–Crippen LogP) is 5.78. The van der Waals surface area contributed by atoms with Gasteiger partial charge in [-0.15, -0.1) is 0 Å². The minimum atomic E-state index is -1.29. The number of aryl methyl sites for hydroxylation is 1. The summed E-state index contributed by atoms with van der Waals surface area (Å²) in [6.45, 7) is 3.47. The molecule has 4 nitrogen and oxygen atoms in total. The number of carboxylic acids is 1. The van der Waals surface area contributed by atoms with E-state index in [0.717, 1.165) is 5.56 Å². The Hall–Kier alpha value is -2.35. The quantitative estimate of drug-likeness (QED) is 0.655. The molecule has 4 unspecified atom stereocenters. The van der Waals surface area contributed by atoms with Crippen molar-refractivity contribution in [1.29, 1.82) is 5.26 Å². The van der Waals surface area contributed by atoms with Crippen LogP contribution < -0.4 is 0 Å². The van der Waals surface area contributed by atoms with E-state index in [-0.39, 0.29) is 0 Å². The van der Waals surface area contributed by atoms with Crippen molar-refractivity contribution >= 4 is 34.9 Å². The van der Waals surface area contributed by atoms with E-state index >= 15 is 0 Å². The molecule has 0 saturated carbocycles. The summed E-state index contributed by atoms with van der Waals surface area (Å²) in [5.74, 6) is -2.29. The maximum absolute atomic E-state index is 12.6. The fraction of sp³-hybridized carbons (Fsp3) is 0.348. The molecular formula is C23H22Cl2N2O2. The summed E-state index contributed by atoms with van der Waals surface area (Å²) in [4.78, 5) is 17.3. The van der Waals surface area contributed by atoms with Crippen LogP contribution in [0.1, 0.15) is 37.3 Å². The summed E-state index contributed by atoms with van der Waals surface area (Å²) in [5.41, 5.74) is 1.09. The largest absolute Gasteiger partial charge is 0.481 e. The number of aliphatic imine (C=N–C) groups is 1. The maximum atomic E-state index is 12.6. The first kappa shape index (κ1) is 21.4. The van der Waals surface area contributed by atoms with Crippen molar-refractivity contribution in [3.05, 3.63) is 69.7 Å². The topological polar surface area (TPSA) is 73.4 Å². The Balaban J connectivity index is 2.08. The van der Waals surface area contributed by atoms with Crippen LogP contribution in [-0.2, 0) is 11.2 Å². The van der Waals surface area contributed by atoms with Crippen molar-refractivity contribution < 1.29 is 9.90 Å². The van der Waals surface area contributed by atoms with Crippen LogP contribution in [0.25, 0.3) is 0 Å². The molecule has 1 aliphatic heterocycles. The molecular weight excluding hydrogens is 407 g/mol. The third-order valence-corrected chi connectivity index (χ3v) is 6.49. The number of hydrogen-bond donors (Lipinski definition) is 1. The Morgan fingerprint density at radius 1 is 1.24 bits per heavy atom. The summed E-state index contributed by atoms with van der Waals surface area (Å²) in [5, 5.41) is 21.0. The molecule has 0 bridgehead atoms. The summed E-state index contributed by atoms with van der Waals surface area (Å²) >= 11 is 12.5. The van der Waals surface area contributed by atoms with Gasteiger partial charge in [0.2, 0.25) is 0 Å². The molecule has 0 saturated heterocycles. The molecule has 3 rings (SSSR count). The van der Waals surface area contributed by atoms with Crippen LogP contribution in [0.3, 0.4) is 0 Å². The van der Waals surface area contributed by atoms with Crippen LogP contribution in [0.5, 0.6) is 0 Å². The van der Waals surface area contributed by atoms with Crippen LogP contribution in [0.2, 0.25) is 10.0 Å². The molecule has 4 atom stereocenters. The Bertz CT molecular complexity index is 984. The van der Waals surface area contributed by atoms with Crippen LogP contribution >= 0.6 is 23.2 Å². The van der Waals surface area contributed by atoms with Gasteiger partial charge in [0.05, 0.1) is 23.4 Å². The number of halogens is 2. The first-order valence-electron chi connectivity index (χ1n) is 9.45. The van der Waals surface area contributed by atoms with Crippen molar-refractivity contribution in [3.63, 3.8) is 0 Å². The number of carboxylic acid groups (broad SMARTS) is 1. The number of aliphatic carboxylic acids is 1. The Morgan fingerprint density at radius 3 is 2.52 bits per heavy atom. The van der Waals surface area contributed by atoms with E-state index in [0.29, 0.717) is 34.2 Å². The second kappa shape index (κ2) is 8.57. The van der Waals surface area contributed by atoms with Crippen molar-refractivity contribution in [2.24, 2.45) is 16.3 Å². The minimum Gasteiger partial charge on any atom is -0.481 e. The van der Waals surface area contributed by atoms with Crippen molar-refractivity contribution in [1.82, 2.24) is 0 Å². The fourth-order valence-electron chi connectivity index (χ4n) is 4.27. The van der Waals surface area contributed by atoms with Gasteiger partial charge in [0, 0.05) is 21.7 Å². The lowest BCUT2D eigenvalue weighted by Gasteiger charge is -2.45. The second-order valence-electron chi connectivity index (χ2n) is 7.65. The smallest absolute Gasteiger partial charge is 0.312 e. The van der Waals surface area contributed by atoms with Gasteiger partial charge in [0.25, 0.3) is 0 Å². The number of hydrogen-bond acceptors (Lipinski definition) is 3. The maximum Gasteiger partial charge on any atom is 0.312 e.